The first kappa shape index (κ1) is 33.5. The van der Waals surface area contributed by atoms with Gasteiger partial charge in [-0.05, 0) is 60.4 Å². The van der Waals surface area contributed by atoms with Crippen molar-refractivity contribution in [2.45, 2.75) is 37.1 Å². The van der Waals surface area contributed by atoms with Gasteiger partial charge in [0.15, 0.2) is 11.2 Å². The predicted octanol–water partition coefficient (Wildman–Crippen LogP) is 8.47. The van der Waals surface area contributed by atoms with Crippen LogP contribution in [0.1, 0.15) is 48.2 Å². The average Bonchev–Trinajstić information content (AvgIpc) is 3.02. The van der Waals surface area contributed by atoms with E-state index in [9.17, 15) is 9.59 Å². The number of halogens is 4. The highest BCUT2D eigenvalue weighted by molar-refractivity contribution is 6.42. The van der Waals surface area contributed by atoms with Crippen molar-refractivity contribution in [2.75, 3.05) is 0 Å². The number of rotatable bonds is 10. The van der Waals surface area contributed by atoms with Crippen LogP contribution in [-0.4, -0.2) is 11.9 Å². The Morgan fingerprint density at radius 3 is 1.25 bits per heavy atom. The summed E-state index contributed by atoms with van der Waals surface area (Å²) >= 11 is 24.9. The monoisotopic (exact) mass is 670 g/mol. The van der Waals surface area contributed by atoms with Gasteiger partial charge in [0, 0.05) is 12.2 Å². The van der Waals surface area contributed by atoms with E-state index >= 15 is 0 Å². The van der Waals surface area contributed by atoms with Gasteiger partial charge in [0.1, 0.15) is 0 Å². The normalized spacial score (nSPS) is 15.5. The molecule has 0 amide bonds. The van der Waals surface area contributed by atoms with Gasteiger partial charge in [0.25, 0.3) is 0 Å². The third kappa shape index (κ3) is 7.46. The highest BCUT2D eigenvalue weighted by Crippen LogP contribution is 2.41. The number of nitrogens with two attached hydrogens (primary N) is 2. The van der Waals surface area contributed by atoms with Crippen molar-refractivity contribution in [1.82, 2.24) is 0 Å². The molecular formula is C34H30Cl4N2O4. The molecule has 4 N–H and O–H groups in total. The first-order valence-corrected chi connectivity index (χ1v) is 15.0. The topological polar surface area (TPSA) is 105 Å². The number of benzene rings is 4. The van der Waals surface area contributed by atoms with Crippen molar-refractivity contribution >= 4 is 58.3 Å². The van der Waals surface area contributed by atoms with Gasteiger partial charge in [-0.2, -0.15) is 0 Å². The molecule has 0 fully saturated rings. The van der Waals surface area contributed by atoms with Gasteiger partial charge >= 0.3 is 11.9 Å². The second kappa shape index (κ2) is 14.2. The molecule has 0 aromatic heterocycles. The smallest absolute Gasteiger partial charge is 0.331 e. The van der Waals surface area contributed by atoms with Crippen LogP contribution in [0.4, 0.5) is 0 Å². The summed E-state index contributed by atoms with van der Waals surface area (Å²) in [5.41, 5.74) is 13.0. The third-order valence-corrected chi connectivity index (χ3v) is 8.95. The predicted molar refractivity (Wildman–Crippen MR) is 176 cm³/mol. The van der Waals surface area contributed by atoms with Crippen LogP contribution >= 0.6 is 46.4 Å². The second-order valence-corrected chi connectivity index (χ2v) is 12.1. The lowest BCUT2D eigenvalue weighted by atomic mass is 9.84. The number of carbonyl (C=O) groups is 2. The van der Waals surface area contributed by atoms with Gasteiger partial charge in [-0.15, -0.1) is 0 Å². The van der Waals surface area contributed by atoms with Gasteiger partial charge < -0.3 is 20.9 Å². The molecule has 0 aliphatic heterocycles. The van der Waals surface area contributed by atoms with E-state index in [-0.39, 0.29) is 10.0 Å². The Hall–Kier alpha value is -3.36. The number of carbonyl (C=O) groups excluding carboxylic acids is 2. The van der Waals surface area contributed by atoms with Crippen molar-refractivity contribution in [2.24, 2.45) is 11.5 Å². The van der Waals surface area contributed by atoms with E-state index in [0.717, 1.165) is 12.2 Å². The van der Waals surface area contributed by atoms with E-state index in [1.54, 1.807) is 50.2 Å². The van der Waals surface area contributed by atoms with Crippen LogP contribution in [0.2, 0.25) is 20.1 Å². The lowest BCUT2D eigenvalue weighted by molar-refractivity contribution is -0.158. The SMILES string of the molecule is CC(OC(=O)/C=C\C(=O)OC(C)(c1ccc(Cl)c(Cl)c1)C(N)c1ccccc1)(c1ccc(Cl)c(Cl)c1)C(N)c1ccccc1. The Morgan fingerprint density at radius 1 is 0.591 bits per heavy atom. The van der Waals surface area contributed by atoms with Crippen LogP contribution < -0.4 is 11.5 Å². The first-order valence-electron chi connectivity index (χ1n) is 13.5. The van der Waals surface area contributed by atoms with Gasteiger partial charge in [0.2, 0.25) is 0 Å². The molecule has 44 heavy (non-hydrogen) atoms. The minimum atomic E-state index is -1.40. The van der Waals surface area contributed by atoms with Crippen molar-refractivity contribution in [1.29, 1.82) is 0 Å². The van der Waals surface area contributed by atoms with Crippen molar-refractivity contribution < 1.29 is 19.1 Å². The van der Waals surface area contributed by atoms with E-state index in [2.05, 4.69) is 0 Å². The Labute approximate surface area is 276 Å². The summed E-state index contributed by atoms with van der Waals surface area (Å²) in [6.45, 7) is 3.32. The molecule has 0 spiro atoms. The fourth-order valence-corrected chi connectivity index (χ4v) is 5.39. The lowest BCUT2D eigenvalue weighted by Gasteiger charge is -2.36. The van der Waals surface area contributed by atoms with Gasteiger partial charge in [-0.3, -0.25) is 0 Å². The molecule has 0 radical (unpaired) electrons. The van der Waals surface area contributed by atoms with Crippen LogP contribution in [0.15, 0.2) is 109 Å². The minimum Gasteiger partial charge on any atom is -0.449 e. The number of hydrogen-bond acceptors (Lipinski definition) is 6. The lowest BCUT2D eigenvalue weighted by Crippen LogP contribution is -2.40. The fraction of sp³-hybridized carbons (Fsp3) is 0.176. The van der Waals surface area contributed by atoms with E-state index in [1.807, 2.05) is 60.7 Å². The van der Waals surface area contributed by atoms with Crippen LogP contribution in [-0.2, 0) is 30.3 Å². The summed E-state index contributed by atoms with van der Waals surface area (Å²) in [6, 6.07) is 26.4. The summed E-state index contributed by atoms with van der Waals surface area (Å²) in [5.74, 6) is -1.68. The largest absolute Gasteiger partial charge is 0.449 e. The van der Waals surface area contributed by atoms with Gasteiger partial charge in [-0.25, -0.2) is 9.59 Å². The highest BCUT2D eigenvalue weighted by Gasteiger charge is 2.40. The molecule has 4 aromatic carbocycles. The highest BCUT2D eigenvalue weighted by atomic mass is 35.5. The third-order valence-electron chi connectivity index (χ3n) is 7.47. The van der Waals surface area contributed by atoms with Crippen LogP contribution in [0.3, 0.4) is 0 Å². The first-order chi connectivity index (χ1) is 20.8. The van der Waals surface area contributed by atoms with E-state index < -0.39 is 35.2 Å². The molecule has 10 heteroatoms. The summed E-state index contributed by atoms with van der Waals surface area (Å²) in [5, 5.41) is 1.20. The molecule has 228 valence electrons. The van der Waals surface area contributed by atoms with Crippen molar-refractivity contribution in [3.05, 3.63) is 152 Å². The summed E-state index contributed by atoms with van der Waals surface area (Å²) in [6.07, 6.45) is 1.94. The Balaban J connectivity index is 1.61. The Kier molecular flexibility index (Phi) is 10.8. The van der Waals surface area contributed by atoms with Crippen molar-refractivity contribution in [3.8, 4) is 0 Å². The molecular weight excluding hydrogens is 642 g/mol. The standard InChI is InChI=1S/C34H30Cl4N2O4/c1-33(23-13-15-25(35)27(37)19-23,31(39)21-9-5-3-6-10-21)43-29(41)17-18-30(42)44-34(2,24-14-16-26(36)28(38)20-24)32(40)22-11-7-4-8-12-22/h3-20,31-32H,39-40H2,1-2H3/b18-17-. The summed E-state index contributed by atoms with van der Waals surface area (Å²) < 4.78 is 11.9. The molecule has 0 aliphatic rings. The summed E-state index contributed by atoms with van der Waals surface area (Å²) in [4.78, 5) is 26.4. The Morgan fingerprint density at radius 2 is 0.932 bits per heavy atom. The maximum atomic E-state index is 13.2. The minimum absolute atomic E-state index is 0.266. The zero-order valence-electron chi connectivity index (χ0n) is 23.8. The fourth-order valence-electron chi connectivity index (χ4n) is 4.79. The maximum absolute atomic E-state index is 13.2. The van der Waals surface area contributed by atoms with Crippen LogP contribution in [0.5, 0.6) is 0 Å². The Bertz CT molecular complexity index is 1550. The van der Waals surface area contributed by atoms with Crippen LogP contribution in [0, 0.1) is 0 Å². The maximum Gasteiger partial charge on any atom is 0.331 e. The van der Waals surface area contributed by atoms with E-state index in [1.165, 1.54) is 0 Å². The van der Waals surface area contributed by atoms with Gasteiger partial charge in [0.05, 0.1) is 32.2 Å². The molecule has 4 atom stereocenters. The zero-order valence-corrected chi connectivity index (χ0v) is 26.9. The summed E-state index contributed by atoms with van der Waals surface area (Å²) in [7, 11) is 0. The molecule has 4 unspecified atom stereocenters. The molecule has 6 nitrogen and oxygen atoms in total. The number of ether oxygens (including phenoxy) is 2. The van der Waals surface area contributed by atoms with Crippen molar-refractivity contribution in [3.63, 3.8) is 0 Å². The van der Waals surface area contributed by atoms with E-state index in [0.29, 0.717) is 32.3 Å². The zero-order chi connectivity index (χ0) is 32.1. The van der Waals surface area contributed by atoms with Crippen LogP contribution in [0.25, 0.3) is 0 Å². The molecule has 4 aromatic rings. The van der Waals surface area contributed by atoms with E-state index in [4.69, 9.17) is 67.3 Å². The number of esters is 2. The molecule has 0 bridgehead atoms. The molecule has 0 heterocycles. The quantitative estimate of drug-likeness (QED) is 0.129. The molecule has 4 rings (SSSR count). The van der Waals surface area contributed by atoms with Gasteiger partial charge in [-0.1, -0.05) is 119 Å². The molecule has 0 aliphatic carbocycles. The second-order valence-electron chi connectivity index (χ2n) is 10.4. The number of hydrogen-bond donors (Lipinski definition) is 2. The molecule has 0 saturated carbocycles. The average molecular weight is 672 g/mol. The molecule has 0 saturated heterocycles.